The van der Waals surface area contributed by atoms with Crippen LogP contribution in [0.15, 0.2) is 22.7 Å². The van der Waals surface area contributed by atoms with Crippen molar-refractivity contribution < 1.29 is 14.6 Å². The molecule has 0 bridgehead atoms. The van der Waals surface area contributed by atoms with Crippen molar-refractivity contribution in [2.45, 2.75) is 18.9 Å². The number of aliphatic hydroxyl groups excluding tert-OH is 1. The monoisotopic (exact) mass is 300 g/mol. The molecule has 2 rings (SSSR count). The van der Waals surface area contributed by atoms with Crippen LogP contribution in [0.2, 0.25) is 0 Å². The highest BCUT2D eigenvalue weighted by Crippen LogP contribution is 2.28. The van der Waals surface area contributed by atoms with Gasteiger partial charge in [-0.3, -0.25) is 0 Å². The second kappa shape index (κ2) is 5.85. The lowest BCUT2D eigenvalue weighted by Gasteiger charge is -2.28. The average molecular weight is 301 g/mol. The minimum Gasteiger partial charge on any atom is -0.496 e. The van der Waals surface area contributed by atoms with E-state index >= 15 is 0 Å². The van der Waals surface area contributed by atoms with Gasteiger partial charge in [0.2, 0.25) is 0 Å². The minimum atomic E-state index is -0.271. The lowest BCUT2D eigenvalue weighted by Crippen LogP contribution is -2.33. The molecule has 1 aliphatic heterocycles. The van der Waals surface area contributed by atoms with Gasteiger partial charge in [0.25, 0.3) is 0 Å². The maximum Gasteiger partial charge on any atom is 0.122 e. The Balaban J connectivity index is 2.13. The SMILES string of the molecule is COc1ccc(Br)cc1CC1COCCC1O. The molecule has 1 heterocycles. The van der Waals surface area contributed by atoms with Crippen LogP contribution in [0.25, 0.3) is 0 Å². The van der Waals surface area contributed by atoms with Crippen LogP contribution in [-0.2, 0) is 11.2 Å². The fourth-order valence-electron chi connectivity index (χ4n) is 2.17. The number of benzene rings is 1. The Labute approximate surface area is 110 Å². The van der Waals surface area contributed by atoms with Crippen LogP contribution in [0.4, 0.5) is 0 Å². The molecular formula is C13H17BrO3. The summed E-state index contributed by atoms with van der Waals surface area (Å²) in [6.45, 7) is 1.28. The van der Waals surface area contributed by atoms with Crippen LogP contribution in [0.5, 0.6) is 5.75 Å². The van der Waals surface area contributed by atoms with Gasteiger partial charge in [-0.1, -0.05) is 15.9 Å². The first-order valence-electron chi connectivity index (χ1n) is 5.79. The number of rotatable bonds is 3. The molecule has 0 aromatic heterocycles. The van der Waals surface area contributed by atoms with E-state index < -0.39 is 0 Å². The van der Waals surface area contributed by atoms with E-state index in [1.807, 2.05) is 18.2 Å². The molecule has 1 aromatic rings. The summed E-state index contributed by atoms with van der Waals surface area (Å²) in [4.78, 5) is 0. The molecule has 0 aliphatic carbocycles. The fourth-order valence-corrected chi connectivity index (χ4v) is 2.58. The zero-order valence-corrected chi connectivity index (χ0v) is 11.4. The summed E-state index contributed by atoms with van der Waals surface area (Å²) in [5.41, 5.74) is 1.11. The maximum absolute atomic E-state index is 9.93. The second-order valence-electron chi connectivity index (χ2n) is 4.35. The molecule has 1 N–H and O–H groups in total. The number of ether oxygens (including phenoxy) is 2. The molecule has 0 amide bonds. The normalized spacial score (nSPS) is 24.6. The molecular weight excluding hydrogens is 284 g/mol. The van der Waals surface area contributed by atoms with E-state index in [-0.39, 0.29) is 12.0 Å². The van der Waals surface area contributed by atoms with E-state index in [0.29, 0.717) is 13.2 Å². The summed E-state index contributed by atoms with van der Waals surface area (Å²) >= 11 is 3.46. The van der Waals surface area contributed by atoms with Crippen LogP contribution in [0.1, 0.15) is 12.0 Å². The van der Waals surface area contributed by atoms with Crippen molar-refractivity contribution in [3.05, 3.63) is 28.2 Å². The van der Waals surface area contributed by atoms with E-state index in [9.17, 15) is 5.11 Å². The van der Waals surface area contributed by atoms with Gasteiger partial charge >= 0.3 is 0 Å². The first-order valence-corrected chi connectivity index (χ1v) is 6.58. The number of halogens is 1. The Bertz CT molecular complexity index is 381. The molecule has 3 nitrogen and oxygen atoms in total. The number of hydrogen-bond donors (Lipinski definition) is 1. The van der Waals surface area contributed by atoms with Gasteiger partial charge in [-0.05, 0) is 36.6 Å². The van der Waals surface area contributed by atoms with Gasteiger partial charge in [0, 0.05) is 17.0 Å². The van der Waals surface area contributed by atoms with Crippen molar-refractivity contribution in [1.82, 2.24) is 0 Å². The van der Waals surface area contributed by atoms with E-state index in [1.165, 1.54) is 0 Å². The molecule has 0 saturated carbocycles. The highest BCUT2D eigenvalue weighted by molar-refractivity contribution is 9.10. The predicted octanol–water partition coefficient (Wildman–Crippen LogP) is 2.40. The maximum atomic E-state index is 9.93. The van der Waals surface area contributed by atoms with Gasteiger partial charge in [0.15, 0.2) is 0 Å². The van der Waals surface area contributed by atoms with Crippen molar-refractivity contribution in [1.29, 1.82) is 0 Å². The van der Waals surface area contributed by atoms with Crippen LogP contribution in [-0.4, -0.2) is 31.5 Å². The van der Waals surface area contributed by atoms with Crippen molar-refractivity contribution in [3.8, 4) is 5.75 Å². The Hall–Kier alpha value is -0.580. The van der Waals surface area contributed by atoms with Crippen molar-refractivity contribution in [2.24, 2.45) is 5.92 Å². The zero-order chi connectivity index (χ0) is 12.3. The molecule has 2 atom stereocenters. The van der Waals surface area contributed by atoms with Crippen LogP contribution in [0, 0.1) is 5.92 Å². The Morgan fingerprint density at radius 1 is 1.53 bits per heavy atom. The fraction of sp³-hybridized carbons (Fsp3) is 0.538. The van der Waals surface area contributed by atoms with E-state index in [0.717, 1.165) is 28.6 Å². The predicted molar refractivity (Wildman–Crippen MR) is 69.3 cm³/mol. The van der Waals surface area contributed by atoms with E-state index in [4.69, 9.17) is 9.47 Å². The van der Waals surface area contributed by atoms with Gasteiger partial charge < -0.3 is 14.6 Å². The van der Waals surface area contributed by atoms with Crippen molar-refractivity contribution in [2.75, 3.05) is 20.3 Å². The van der Waals surface area contributed by atoms with Gasteiger partial charge in [-0.15, -0.1) is 0 Å². The second-order valence-corrected chi connectivity index (χ2v) is 5.27. The van der Waals surface area contributed by atoms with Crippen molar-refractivity contribution in [3.63, 3.8) is 0 Å². The molecule has 2 unspecified atom stereocenters. The summed E-state index contributed by atoms with van der Waals surface area (Å²) in [5, 5.41) is 9.93. The van der Waals surface area contributed by atoms with Crippen molar-refractivity contribution >= 4 is 15.9 Å². The molecule has 0 radical (unpaired) electrons. The van der Waals surface area contributed by atoms with Gasteiger partial charge in [0.1, 0.15) is 5.75 Å². The molecule has 1 saturated heterocycles. The highest BCUT2D eigenvalue weighted by Gasteiger charge is 2.24. The quantitative estimate of drug-likeness (QED) is 0.932. The first-order chi connectivity index (χ1) is 8.20. The standard InChI is InChI=1S/C13H17BrO3/c1-16-13-3-2-11(14)7-9(13)6-10-8-17-5-4-12(10)15/h2-3,7,10,12,15H,4-6,8H2,1H3. The lowest BCUT2D eigenvalue weighted by atomic mass is 9.91. The summed E-state index contributed by atoms with van der Waals surface area (Å²) in [6.07, 6.45) is 1.23. The molecule has 4 heteroatoms. The zero-order valence-electron chi connectivity index (χ0n) is 9.86. The topological polar surface area (TPSA) is 38.7 Å². The smallest absolute Gasteiger partial charge is 0.122 e. The lowest BCUT2D eigenvalue weighted by molar-refractivity contribution is -0.0351. The number of hydrogen-bond acceptors (Lipinski definition) is 3. The third kappa shape index (κ3) is 3.21. The van der Waals surface area contributed by atoms with Gasteiger partial charge in [-0.25, -0.2) is 0 Å². The summed E-state index contributed by atoms with van der Waals surface area (Å²) in [7, 11) is 1.67. The van der Waals surface area contributed by atoms with Crippen LogP contribution in [0.3, 0.4) is 0 Å². The largest absolute Gasteiger partial charge is 0.496 e. The average Bonchev–Trinajstić information content (AvgIpc) is 2.32. The summed E-state index contributed by atoms with van der Waals surface area (Å²) < 4.78 is 11.8. The van der Waals surface area contributed by atoms with Crippen LogP contribution < -0.4 is 4.74 Å². The number of aliphatic hydroxyl groups is 1. The molecule has 1 fully saturated rings. The molecule has 94 valence electrons. The highest BCUT2D eigenvalue weighted by atomic mass is 79.9. The third-order valence-electron chi connectivity index (χ3n) is 3.16. The molecule has 17 heavy (non-hydrogen) atoms. The first kappa shape index (κ1) is 12.9. The number of methoxy groups -OCH3 is 1. The summed E-state index contributed by atoms with van der Waals surface area (Å²) in [5.74, 6) is 1.03. The Kier molecular flexibility index (Phi) is 4.42. The third-order valence-corrected chi connectivity index (χ3v) is 3.65. The molecule has 1 aromatic carbocycles. The van der Waals surface area contributed by atoms with Gasteiger partial charge in [0.05, 0.1) is 19.8 Å². The minimum absolute atomic E-state index is 0.159. The van der Waals surface area contributed by atoms with Crippen LogP contribution >= 0.6 is 15.9 Å². The Morgan fingerprint density at radius 2 is 2.35 bits per heavy atom. The van der Waals surface area contributed by atoms with E-state index in [2.05, 4.69) is 15.9 Å². The Morgan fingerprint density at radius 3 is 3.06 bits per heavy atom. The summed E-state index contributed by atoms with van der Waals surface area (Å²) in [6, 6.07) is 5.94. The molecule has 0 spiro atoms. The van der Waals surface area contributed by atoms with Gasteiger partial charge in [-0.2, -0.15) is 0 Å². The molecule has 1 aliphatic rings. The van der Waals surface area contributed by atoms with E-state index in [1.54, 1.807) is 7.11 Å².